The van der Waals surface area contributed by atoms with Crippen LogP contribution >= 0.6 is 0 Å². The first-order valence-electron chi connectivity index (χ1n) is 6.61. The van der Waals surface area contributed by atoms with E-state index in [9.17, 15) is 18.3 Å². The minimum Gasteiger partial charge on any atom is -0.480 e. The summed E-state index contributed by atoms with van der Waals surface area (Å²) in [6.07, 6.45) is 0.869. The Morgan fingerprint density at radius 3 is 2.25 bits per heavy atom. The Morgan fingerprint density at radius 1 is 1.30 bits per heavy atom. The van der Waals surface area contributed by atoms with Gasteiger partial charge in [0.15, 0.2) is 9.84 Å². The first-order valence-corrected chi connectivity index (χ1v) is 8.33. The van der Waals surface area contributed by atoms with Crippen molar-refractivity contribution >= 4 is 15.8 Å². The Morgan fingerprint density at radius 2 is 1.85 bits per heavy atom. The van der Waals surface area contributed by atoms with Crippen molar-refractivity contribution in [2.24, 2.45) is 5.73 Å². The van der Waals surface area contributed by atoms with Crippen LogP contribution in [0.25, 0.3) is 0 Å². The van der Waals surface area contributed by atoms with Gasteiger partial charge in [-0.25, -0.2) is 8.42 Å². The molecule has 1 aliphatic rings. The third-order valence-electron chi connectivity index (χ3n) is 4.09. The second-order valence-electron chi connectivity index (χ2n) is 5.18. The number of sulfone groups is 1. The molecule has 110 valence electrons. The van der Waals surface area contributed by atoms with Crippen LogP contribution in [0.1, 0.15) is 30.9 Å². The average Bonchev–Trinajstić information content (AvgIpc) is 3.08. The molecule has 1 saturated carbocycles. The molecule has 2 rings (SSSR count). The van der Waals surface area contributed by atoms with Gasteiger partial charge >= 0.3 is 5.97 Å². The summed E-state index contributed by atoms with van der Waals surface area (Å²) in [4.78, 5) is 11.4. The van der Waals surface area contributed by atoms with Crippen LogP contribution in [0.15, 0.2) is 24.3 Å². The summed E-state index contributed by atoms with van der Waals surface area (Å²) in [5.74, 6) is -2.03. The van der Waals surface area contributed by atoms with Crippen LogP contribution in [0.5, 0.6) is 0 Å². The van der Waals surface area contributed by atoms with Crippen LogP contribution in [0, 0.1) is 0 Å². The zero-order chi connectivity index (χ0) is 15.1. The predicted molar refractivity (Wildman–Crippen MR) is 76.4 cm³/mol. The minimum absolute atomic E-state index is 0.104. The van der Waals surface area contributed by atoms with Crippen LogP contribution in [0.3, 0.4) is 0 Å². The summed E-state index contributed by atoms with van der Waals surface area (Å²) in [6, 6.07) is 7.32. The fraction of sp³-hybridized carbons (Fsp3) is 0.500. The highest BCUT2D eigenvalue weighted by atomic mass is 32.2. The molecule has 0 amide bonds. The smallest absolute Gasteiger partial charge is 0.325 e. The molecule has 6 heteroatoms. The molecule has 0 aliphatic heterocycles. The van der Waals surface area contributed by atoms with Gasteiger partial charge in [0.1, 0.15) is 5.54 Å². The molecule has 3 N–H and O–H groups in total. The van der Waals surface area contributed by atoms with Crippen molar-refractivity contribution in [2.75, 3.05) is 5.75 Å². The first-order chi connectivity index (χ1) is 9.29. The number of nitrogens with two attached hydrogens (primary N) is 1. The molecule has 0 radical (unpaired) electrons. The second-order valence-corrected chi connectivity index (χ2v) is 7.59. The molecule has 3 atom stereocenters. The van der Waals surface area contributed by atoms with Gasteiger partial charge in [-0.05, 0) is 17.5 Å². The lowest BCUT2D eigenvalue weighted by Gasteiger charge is -2.05. The molecule has 0 aromatic heterocycles. The van der Waals surface area contributed by atoms with Crippen molar-refractivity contribution < 1.29 is 18.3 Å². The number of carbonyl (C=O) groups is 1. The van der Waals surface area contributed by atoms with Gasteiger partial charge in [-0.3, -0.25) is 4.79 Å². The van der Waals surface area contributed by atoms with Crippen LogP contribution in [-0.2, 0) is 21.1 Å². The van der Waals surface area contributed by atoms with Crippen molar-refractivity contribution in [3.8, 4) is 0 Å². The Labute approximate surface area is 118 Å². The summed E-state index contributed by atoms with van der Waals surface area (Å²) in [7, 11) is -3.50. The van der Waals surface area contributed by atoms with E-state index in [1.165, 1.54) is 6.92 Å². The maximum atomic E-state index is 12.0. The minimum atomic E-state index is -3.50. The lowest BCUT2D eigenvalue weighted by atomic mass is 10.0. The van der Waals surface area contributed by atoms with E-state index in [4.69, 9.17) is 5.73 Å². The first kappa shape index (κ1) is 15.0. The van der Waals surface area contributed by atoms with Gasteiger partial charge in [0.05, 0.1) is 5.25 Å². The number of carboxylic acid groups (broad SMARTS) is 1. The number of benzene rings is 1. The van der Waals surface area contributed by atoms with Crippen LogP contribution in [0.2, 0.25) is 0 Å². The molecule has 0 heterocycles. The van der Waals surface area contributed by atoms with E-state index in [2.05, 4.69) is 0 Å². The second kappa shape index (κ2) is 4.86. The number of hydrogen-bond donors (Lipinski definition) is 2. The SMILES string of the molecule is CCc1ccc([C@@H]2[C@@H](S(=O)(=O)CC)[C@@]2(N)C(=O)O)cc1. The third kappa shape index (κ3) is 2.13. The summed E-state index contributed by atoms with van der Waals surface area (Å²) in [6.45, 7) is 3.52. The molecule has 0 spiro atoms. The topological polar surface area (TPSA) is 97.5 Å². The highest BCUT2D eigenvalue weighted by molar-refractivity contribution is 7.92. The van der Waals surface area contributed by atoms with Crippen molar-refractivity contribution in [3.63, 3.8) is 0 Å². The summed E-state index contributed by atoms with van der Waals surface area (Å²) < 4.78 is 24.1. The molecule has 1 aliphatic carbocycles. The Kier molecular flexibility index (Phi) is 3.64. The van der Waals surface area contributed by atoms with E-state index in [-0.39, 0.29) is 5.75 Å². The molecule has 0 unspecified atom stereocenters. The van der Waals surface area contributed by atoms with Crippen molar-refractivity contribution in [1.29, 1.82) is 0 Å². The number of rotatable bonds is 5. The molecule has 1 aromatic carbocycles. The number of hydrogen-bond acceptors (Lipinski definition) is 4. The largest absolute Gasteiger partial charge is 0.480 e. The maximum Gasteiger partial charge on any atom is 0.325 e. The number of carboxylic acids is 1. The zero-order valence-electron chi connectivity index (χ0n) is 11.5. The third-order valence-corrected chi connectivity index (χ3v) is 6.33. The molecule has 1 fully saturated rings. The Bertz CT molecular complexity index is 623. The molecule has 0 bridgehead atoms. The molecule has 0 saturated heterocycles. The molecule has 1 aromatic rings. The molecular weight excluding hydrogens is 278 g/mol. The fourth-order valence-corrected chi connectivity index (χ4v) is 4.64. The Balaban J connectivity index is 2.41. The van der Waals surface area contributed by atoms with Crippen LogP contribution in [-0.4, -0.2) is 36.0 Å². The van der Waals surface area contributed by atoms with Gasteiger partial charge in [-0.2, -0.15) is 0 Å². The van der Waals surface area contributed by atoms with Crippen LogP contribution in [0.4, 0.5) is 0 Å². The van der Waals surface area contributed by atoms with E-state index >= 15 is 0 Å². The van der Waals surface area contributed by atoms with Crippen molar-refractivity contribution in [3.05, 3.63) is 35.4 Å². The molecular formula is C14H19NO4S. The van der Waals surface area contributed by atoms with E-state index in [1.54, 1.807) is 12.1 Å². The molecule has 5 nitrogen and oxygen atoms in total. The zero-order valence-corrected chi connectivity index (χ0v) is 12.4. The van der Waals surface area contributed by atoms with Gasteiger partial charge in [0.25, 0.3) is 0 Å². The van der Waals surface area contributed by atoms with Crippen molar-refractivity contribution in [2.45, 2.75) is 37.0 Å². The van der Waals surface area contributed by atoms with E-state index in [0.717, 1.165) is 12.0 Å². The van der Waals surface area contributed by atoms with E-state index in [0.29, 0.717) is 5.56 Å². The quantitative estimate of drug-likeness (QED) is 0.842. The summed E-state index contributed by atoms with van der Waals surface area (Å²) in [5, 5.41) is 8.25. The Hall–Kier alpha value is -1.40. The standard InChI is InChI=1S/C14H19NO4S/c1-3-9-5-7-10(8-6-9)11-12(20(18,19)4-2)14(11,15)13(16)17/h5-8,11-12H,3-4,15H2,1-2H3,(H,16,17)/t11-,12-,14-/m1/s1. The highest BCUT2D eigenvalue weighted by Gasteiger charge is 2.73. The van der Waals surface area contributed by atoms with E-state index in [1.807, 2.05) is 19.1 Å². The summed E-state index contributed by atoms with van der Waals surface area (Å²) >= 11 is 0. The van der Waals surface area contributed by atoms with Gasteiger partial charge < -0.3 is 10.8 Å². The summed E-state index contributed by atoms with van der Waals surface area (Å²) in [5.41, 5.74) is 5.95. The predicted octanol–water partition coefficient (Wildman–Crippen LogP) is 0.932. The fourth-order valence-electron chi connectivity index (χ4n) is 2.72. The van der Waals surface area contributed by atoms with Gasteiger partial charge in [-0.15, -0.1) is 0 Å². The monoisotopic (exact) mass is 297 g/mol. The average molecular weight is 297 g/mol. The number of aryl methyl sites for hydroxylation is 1. The normalized spacial score (nSPS) is 29.1. The van der Waals surface area contributed by atoms with Gasteiger partial charge in [-0.1, -0.05) is 38.1 Å². The highest BCUT2D eigenvalue weighted by Crippen LogP contribution is 2.54. The van der Waals surface area contributed by atoms with Crippen molar-refractivity contribution in [1.82, 2.24) is 0 Å². The maximum absolute atomic E-state index is 12.0. The molecule has 20 heavy (non-hydrogen) atoms. The van der Waals surface area contributed by atoms with Gasteiger partial charge in [0, 0.05) is 11.7 Å². The number of aliphatic carboxylic acids is 1. The lowest BCUT2D eigenvalue weighted by molar-refractivity contribution is -0.139. The van der Waals surface area contributed by atoms with Crippen LogP contribution < -0.4 is 5.73 Å². The van der Waals surface area contributed by atoms with E-state index < -0.39 is 32.5 Å². The lowest BCUT2D eigenvalue weighted by Crippen LogP contribution is -2.40. The van der Waals surface area contributed by atoms with Gasteiger partial charge in [0.2, 0.25) is 0 Å².